The molecule has 2 heterocycles. The zero-order valence-corrected chi connectivity index (χ0v) is 14.8. The number of urea groups is 1. The van der Waals surface area contributed by atoms with Crippen molar-refractivity contribution in [2.45, 2.75) is 5.54 Å². The number of nitrogens with one attached hydrogen (secondary N) is 1. The minimum atomic E-state index is -0.308. The third kappa shape index (κ3) is 2.81. The number of likely N-dealkylation sites (tertiary alicyclic amines) is 1. The van der Waals surface area contributed by atoms with Crippen molar-refractivity contribution in [1.82, 2.24) is 15.1 Å². The number of carbonyl (C=O) groups is 3. The Hall–Kier alpha value is -3.35. The second-order valence-electron chi connectivity index (χ2n) is 7.06. The molecule has 27 heavy (non-hydrogen) atoms. The maximum absolute atomic E-state index is 12.6. The van der Waals surface area contributed by atoms with Gasteiger partial charge in [-0.25, -0.2) is 4.79 Å². The van der Waals surface area contributed by atoms with Gasteiger partial charge < -0.3 is 20.2 Å². The van der Waals surface area contributed by atoms with Crippen molar-refractivity contribution >= 4 is 17.7 Å². The number of hydrogen-bond acceptors (Lipinski definition) is 4. The quantitative estimate of drug-likeness (QED) is 0.806. The molecule has 0 bridgehead atoms. The number of ketones is 1. The smallest absolute Gasteiger partial charge is 0.317 e. The van der Waals surface area contributed by atoms with E-state index >= 15 is 0 Å². The van der Waals surface area contributed by atoms with Crippen molar-refractivity contribution in [3.05, 3.63) is 65.2 Å². The van der Waals surface area contributed by atoms with Crippen LogP contribution in [0.2, 0.25) is 0 Å². The lowest BCUT2D eigenvalue weighted by Gasteiger charge is -2.50. The lowest BCUT2D eigenvalue weighted by molar-refractivity contribution is 0.00777. The number of benzene rings is 2. The number of nitrogens with zero attached hydrogens (tertiary/aromatic N) is 2. The summed E-state index contributed by atoms with van der Waals surface area (Å²) < 4.78 is 0. The van der Waals surface area contributed by atoms with Crippen LogP contribution in [-0.2, 0) is 0 Å². The van der Waals surface area contributed by atoms with Gasteiger partial charge in [0.25, 0.3) is 5.91 Å². The van der Waals surface area contributed by atoms with Gasteiger partial charge in [-0.05, 0) is 24.3 Å². The monoisotopic (exact) mass is 365 g/mol. The lowest BCUT2D eigenvalue weighted by Crippen LogP contribution is -2.70. The minimum Gasteiger partial charge on any atom is -0.508 e. The van der Waals surface area contributed by atoms with Gasteiger partial charge in [0.1, 0.15) is 5.75 Å². The van der Waals surface area contributed by atoms with Crippen LogP contribution in [0.4, 0.5) is 4.79 Å². The highest BCUT2D eigenvalue weighted by Gasteiger charge is 2.53. The van der Waals surface area contributed by atoms with Crippen LogP contribution in [0.25, 0.3) is 0 Å². The molecule has 2 aliphatic rings. The van der Waals surface area contributed by atoms with Crippen LogP contribution >= 0.6 is 0 Å². The third-order valence-electron chi connectivity index (χ3n) is 5.34. The molecule has 0 saturated carbocycles. The lowest BCUT2D eigenvalue weighted by atomic mass is 9.88. The van der Waals surface area contributed by atoms with Crippen LogP contribution in [0.5, 0.6) is 5.75 Å². The molecule has 4 rings (SSSR count). The molecular formula is C20H19N3O4. The van der Waals surface area contributed by atoms with E-state index in [-0.39, 0.29) is 29.0 Å². The second kappa shape index (κ2) is 6.12. The molecule has 1 spiro atoms. The topological polar surface area (TPSA) is 90.0 Å². The number of likely N-dealkylation sites (N-methyl/N-ethyl adjacent to an activating group) is 1. The van der Waals surface area contributed by atoms with Gasteiger partial charge in [0, 0.05) is 43.4 Å². The first-order valence-electron chi connectivity index (χ1n) is 8.64. The van der Waals surface area contributed by atoms with Crippen molar-refractivity contribution in [3.8, 4) is 5.75 Å². The van der Waals surface area contributed by atoms with Crippen molar-refractivity contribution < 1.29 is 19.5 Å². The Bertz CT molecular complexity index is 932. The molecule has 0 unspecified atom stereocenters. The van der Waals surface area contributed by atoms with Crippen molar-refractivity contribution in [2.75, 3.05) is 26.7 Å². The fourth-order valence-corrected chi connectivity index (χ4v) is 3.59. The number of rotatable bonds is 3. The molecule has 0 atom stereocenters. The molecule has 0 aliphatic carbocycles. The van der Waals surface area contributed by atoms with E-state index in [1.807, 2.05) is 0 Å². The van der Waals surface area contributed by atoms with Crippen LogP contribution < -0.4 is 5.32 Å². The number of aromatic hydroxyl groups is 1. The second-order valence-corrected chi connectivity index (χ2v) is 7.06. The minimum absolute atomic E-state index is 0.0317. The standard InChI is InChI=1S/C20H19N3O4/c1-22-19(27)21-10-20(22)11-23(12-20)18(26)14-7-5-13(6-8-14)17(25)15-3-2-4-16(24)9-15/h2-9,24H,10-12H2,1H3,(H,21,27). The summed E-state index contributed by atoms with van der Waals surface area (Å²) >= 11 is 0. The normalized spacial score (nSPS) is 17.6. The summed E-state index contributed by atoms with van der Waals surface area (Å²) in [6.07, 6.45) is 0. The van der Waals surface area contributed by atoms with Gasteiger partial charge >= 0.3 is 6.03 Å². The van der Waals surface area contributed by atoms with E-state index in [1.54, 1.807) is 53.2 Å². The molecule has 2 aromatic rings. The average Bonchev–Trinajstić information content (AvgIpc) is 2.95. The predicted octanol–water partition coefficient (Wildman–Crippen LogP) is 1.47. The van der Waals surface area contributed by atoms with Gasteiger partial charge in [-0.1, -0.05) is 24.3 Å². The highest BCUT2D eigenvalue weighted by atomic mass is 16.3. The average molecular weight is 365 g/mol. The molecule has 0 radical (unpaired) electrons. The Morgan fingerprint density at radius 3 is 2.30 bits per heavy atom. The van der Waals surface area contributed by atoms with Crippen LogP contribution in [-0.4, -0.2) is 64.8 Å². The maximum atomic E-state index is 12.6. The van der Waals surface area contributed by atoms with E-state index in [9.17, 15) is 19.5 Å². The van der Waals surface area contributed by atoms with Gasteiger partial charge in [0.05, 0.1) is 5.54 Å². The molecule has 7 nitrogen and oxygen atoms in total. The van der Waals surface area contributed by atoms with Gasteiger partial charge in [-0.3, -0.25) is 9.59 Å². The number of amides is 3. The molecule has 7 heteroatoms. The van der Waals surface area contributed by atoms with Gasteiger partial charge in [0.15, 0.2) is 5.78 Å². The SMILES string of the molecule is CN1C(=O)NCC12CN(C(=O)c1ccc(C(=O)c3cccc(O)c3)cc1)C2. The maximum Gasteiger partial charge on any atom is 0.317 e. The van der Waals surface area contributed by atoms with E-state index in [0.29, 0.717) is 36.3 Å². The summed E-state index contributed by atoms with van der Waals surface area (Å²) in [5, 5.41) is 12.3. The number of hydrogen-bond donors (Lipinski definition) is 2. The summed E-state index contributed by atoms with van der Waals surface area (Å²) in [7, 11) is 1.74. The van der Waals surface area contributed by atoms with E-state index in [4.69, 9.17) is 0 Å². The van der Waals surface area contributed by atoms with Crippen LogP contribution in [0, 0.1) is 0 Å². The summed E-state index contributed by atoms with van der Waals surface area (Å²) in [6.45, 7) is 1.53. The molecule has 2 saturated heterocycles. The molecule has 138 valence electrons. The van der Waals surface area contributed by atoms with Crippen molar-refractivity contribution in [1.29, 1.82) is 0 Å². The van der Waals surface area contributed by atoms with Gasteiger partial charge in [-0.15, -0.1) is 0 Å². The Morgan fingerprint density at radius 1 is 1.04 bits per heavy atom. The molecule has 2 fully saturated rings. The van der Waals surface area contributed by atoms with E-state index in [0.717, 1.165) is 0 Å². The van der Waals surface area contributed by atoms with Crippen molar-refractivity contribution in [2.24, 2.45) is 0 Å². The van der Waals surface area contributed by atoms with E-state index < -0.39 is 0 Å². The molecule has 2 aromatic carbocycles. The van der Waals surface area contributed by atoms with Crippen LogP contribution in [0.1, 0.15) is 26.3 Å². The van der Waals surface area contributed by atoms with E-state index in [1.165, 1.54) is 12.1 Å². The molecule has 3 amide bonds. The Balaban J connectivity index is 1.45. The first-order valence-corrected chi connectivity index (χ1v) is 8.64. The fraction of sp³-hybridized carbons (Fsp3) is 0.250. The van der Waals surface area contributed by atoms with E-state index in [2.05, 4.69) is 5.32 Å². The van der Waals surface area contributed by atoms with Gasteiger partial charge in [0.2, 0.25) is 0 Å². The molecule has 0 aromatic heterocycles. The molecule has 2 N–H and O–H groups in total. The van der Waals surface area contributed by atoms with Gasteiger partial charge in [-0.2, -0.15) is 0 Å². The zero-order valence-electron chi connectivity index (χ0n) is 14.8. The summed E-state index contributed by atoms with van der Waals surface area (Å²) in [6, 6.07) is 12.5. The molecular weight excluding hydrogens is 346 g/mol. The fourth-order valence-electron chi connectivity index (χ4n) is 3.59. The zero-order chi connectivity index (χ0) is 19.2. The summed E-state index contributed by atoms with van der Waals surface area (Å²) in [5.74, 6) is -0.307. The predicted molar refractivity (Wildman–Crippen MR) is 97.8 cm³/mol. The first-order chi connectivity index (χ1) is 12.9. The van der Waals surface area contributed by atoms with Crippen molar-refractivity contribution in [3.63, 3.8) is 0 Å². The summed E-state index contributed by atoms with van der Waals surface area (Å²) in [4.78, 5) is 40.1. The Morgan fingerprint density at radius 2 is 1.70 bits per heavy atom. The third-order valence-corrected chi connectivity index (χ3v) is 5.34. The van der Waals surface area contributed by atoms with Crippen LogP contribution in [0.3, 0.4) is 0 Å². The largest absolute Gasteiger partial charge is 0.508 e. The Labute approximate surface area is 156 Å². The van der Waals surface area contributed by atoms with Crippen LogP contribution in [0.15, 0.2) is 48.5 Å². The Kier molecular flexibility index (Phi) is 3.87. The number of phenolic OH excluding ortho intramolecular Hbond substituents is 1. The number of phenols is 1. The number of carbonyl (C=O) groups excluding carboxylic acids is 3. The first kappa shape index (κ1) is 17.1. The highest BCUT2D eigenvalue weighted by Crippen LogP contribution is 2.31. The molecule has 2 aliphatic heterocycles. The highest BCUT2D eigenvalue weighted by molar-refractivity contribution is 6.09. The summed E-state index contributed by atoms with van der Waals surface area (Å²) in [5.41, 5.74) is 1.03.